The van der Waals surface area contributed by atoms with Gasteiger partial charge in [0.2, 0.25) is 0 Å². The fraction of sp³-hybridized carbons (Fsp3) is 0.647. The summed E-state index contributed by atoms with van der Waals surface area (Å²) in [5.74, 6) is 0. The SMILES string of the molecule is CC1(C)CCCC(O)(Cc2cccc(C(F)(F)F)c2)CC1. The minimum atomic E-state index is -4.33. The molecular weight excluding hydrogens is 277 g/mol. The fourth-order valence-electron chi connectivity index (χ4n) is 3.13. The van der Waals surface area contributed by atoms with Crippen LogP contribution >= 0.6 is 0 Å². The first kappa shape index (κ1) is 16.3. The maximum atomic E-state index is 12.7. The largest absolute Gasteiger partial charge is 0.416 e. The number of hydrogen-bond acceptors (Lipinski definition) is 1. The predicted molar refractivity (Wildman–Crippen MR) is 77.0 cm³/mol. The maximum absolute atomic E-state index is 12.7. The van der Waals surface area contributed by atoms with Gasteiger partial charge in [0.15, 0.2) is 0 Å². The second kappa shape index (κ2) is 5.64. The highest BCUT2D eigenvalue weighted by molar-refractivity contribution is 5.27. The summed E-state index contributed by atoms with van der Waals surface area (Å²) < 4.78 is 38.2. The van der Waals surface area contributed by atoms with E-state index in [1.165, 1.54) is 6.07 Å². The van der Waals surface area contributed by atoms with Crippen molar-refractivity contribution in [2.24, 2.45) is 5.41 Å². The van der Waals surface area contributed by atoms with Gasteiger partial charge in [-0.25, -0.2) is 0 Å². The second-order valence-corrected chi connectivity index (χ2v) is 7.12. The standard InChI is InChI=1S/C17H23F3O/c1-15(2)7-4-8-16(21,10-9-15)12-13-5-3-6-14(11-13)17(18,19)20/h3,5-6,11,21H,4,7-10,12H2,1-2H3. The molecule has 1 aliphatic carbocycles. The third-order valence-corrected chi connectivity index (χ3v) is 4.55. The average Bonchev–Trinajstić information content (AvgIpc) is 2.48. The van der Waals surface area contributed by atoms with Crippen molar-refractivity contribution >= 4 is 0 Å². The van der Waals surface area contributed by atoms with Crippen molar-refractivity contribution in [1.82, 2.24) is 0 Å². The number of benzene rings is 1. The van der Waals surface area contributed by atoms with E-state index in [1.807, 2.05) is 0 Å². The Labute approximate surface area is 124 Å². The van der Waals surface area contributed by atoms with Gasteiger partial charge < -0.3 is 5.11 Å². The quantitative estimate of drug-likeness (QED) is 0.765. The van der Waals surface area contributed by atoms with Crippen LogP contribution in [0.4, 0.5) is 13.2 Å². The monoisotopic (exact) mass is 300 g/mol. The van der Waals surface area contributed by atoms with Gasteiger partial charge in [-0.3, -0.25) is 0 Å². The molecule has 118 valence electrons. The summed E-state index contributed by atoms with van der Waals surface area (Å²) in [6.45, 7) is 4.37. The van der Waals surface area contributed by atoms with Crippen LogP contribution in [0.3, 0.4) is 0 Å². The minimum Gasteiger partial charge on any atom is -0.390 e. The molecule has 1 unspecified atom stereocenters. The summed E-state index contributed by atoms with van der Waals surface area (Å²) in [6.07, 6.45) is 0.156. The van der Waals surface area contributed by atoms with E-state index in [2.05, 4.69) is 13.8 Å². The van der Waals surface area contributed by atoms with Crippen LogP contribution in [0.15, 0.2) is 24.3 Å². The highest BCUT2D eigenvalue weighted by Crippen LogP contribution is 2.39. The predicted octanol–water partition coefficient (Wildman–Crippen LogP) is 4.97. The van der Waals surface area contributed by atoms with Gasteiger partial charge in [0, 0.05) is 6.42 Å². The van der Waals surface area contributed by atoms with Crippen LogP contribution < -0.4 is 0 Å². The first-order chi connectivity index (χ1) is 9.60. The van der Waals surface area contributed by atoms with Crippen LogP contribution in [0, 0.1) is 5.41 Å². The van der Waals surface area contributed by atoms with E-state index in [-0.39, 0.29) is 5.41 Å². The van der Waals surface area contributed by atoms with Crippen LogP contribution in [0.25, 0.3) is 0 Å². The summed E-state index contributed by atoms with van der Waals surface area (Å²) in [5, 5.41) is 10.7. The highest BCUT2D eigenvalue weighted by Gasteiger charge is 2.35. The molecule has 4 heteroatoms. The first-order valence-corrected chi connectivity index (χ1v) is 7.48. The van der Waals surface area contributed by atoms with Crippen LogP contribution in [-0.4, -0.2) is 10.7 Å². The second-order valence-electron chi connectivity index (χ2n) is 7.12. The van der Waals surface area contributed by atoms with E-state index < -0.39 is 17.3 Å². The van der Waals surface area contributed by atoms with Gasteiger partial charge in [0.25, 0.3) is 0 Å². The third kappa shape index (κ3) is 4.47. The molecule has 0 amide bonds. The lowest BCUT2D eigenvalue weighted by Crippen LogP contribution is -2.31. The van der Waals surface area contributed by atoms with Crippen LogP contribution in [0.5, 0.6) is 0 Å². The molecule has 2 rings (SSSR count). The molecule has 1 fully saturated rings. The molecule has 0 radical (unpaired) electrons. The molecule has 1 N–H and O–H groups in total. The molecule has 1 aromatic rings. The zero-order valence-electron chi connectivity index (χ0n) is 12.6. The van der Waals surface area contributed by atoms with E-state index in [4.69, 9.17) is 0 Å². The van der Waals surface area contributed by atoms with Crippen molar-refractivity contribution in [3.8, 4) is 0 Å². The molecule has 1 saturated carbocycles. The Kier molecular flexibility index (Phi) is 4.39. The van der Waals surface area contributed by atoms with E-state index in [0.717, 1.165) is 31.4 Å². The number of rotatable bonds is 2. The smallest absolute Gasteiger partial charge is 0.390 e. The van der Waals surface area contributed by atoms with Crippen molar-refractivity contribution in [1.29, 1.82) is 0 Å². The summed E-state index contributed by atoms with van der Waals surface area (Å²) in [7, 11) is 0. The minimum absolute atomic E-state index is 0.207. The Balaban J connectivity index is 2.13. The zero-order chi connectivity index (χ0) is 15.7. The van der Waals surface area contributed by atoms with Crippen LogP contribution in [0.1, 0.15) is 57.1 Å². The van der Waals surface area contributed by atoms with Crippen LogP contribution in [-0.2, 0) is 12.6 Å². The Morgan fingerprint density at radius 2 is 1.81 bits per heavy atom. The van der Waals surface area contributed by atoms with Gasteiger partial charge in [-0.05, 0) is 42.7 Å². The lowest BCUT2D eigenvalue weighted by Gasteiger charge is -2.28. The molecule has 0 aromatic heterocycles. The average molecular weight is 300 g/mol. The fourth-order valence-corrected chi connectivity index (χ4v) is 3.13. The molecule has 1 atom stereocenters. The number of hydrogen-bond donors (Lipinski definition) is 1. The summed E-state index contributed by atoms with van der Waals surface area (Å²) in [6, 6.07) is 5.32. The Bertz CT molecular complexity index is 493. The molecule has 0 spiro atoms. The lowest BCUT2D eigenvalue weighted by atomic mass is 9.83. The van der Waals surface area contributed by atoms with Crippen molar-refractivity contribution in [2.75, 3.05) is 0 Å². The van der Waals surface area contributed by atoms with Gasteiger partial charge in [-0.1, -0.05) is 38.5 Å². The summed E-state index contributed by atoms with van der Waals surface area (Å²) in [4.78, 5) is 0. The van der Waals surface area contributed by atoms with Crippen molar-refractivity contribution in [3.63, 3.8) is 0 Å². The van der Waals surface area contributed by atoms with Gasteiger partial charge in [-0.2, -0.15) is 13.2 Å². The Morgan fingerprint density at radius 1 is 1.10 bits per heavy atom. The molecule has 0 aliphatic heterocycles. The number of halogens is 3. The van der Waals surface area contributed by atoms with Gasteiger partial charge >= 0.3 is 6.18 Å². The maximum Gasteiger partial charge on any atom is 0.416 e. The molecule has 1 aromatic carbocycles. The van der Waals surface area contributed by atoms with Crippen molar-refractivity contribution < 1.29 is 18.3 Å². The van der Waals surface area contributed by atoms with E-state index in [0.29, 0.717) is 24.8 Å². The molecule has 21 heavy (non-hydrogen) atoms. The van der Waals surface area contributed by atoms with Gasteiger partial charge in [-0.15, -0.1) is 0 Å². The van der Waals surface area contributed by atoms with E-state index in [1.54, 1.807) is 6.07 Å². The molecule has 1 aliphatic rings. The molecule has 0 saturated heterocycles. The number of alkyl halides is 3. The van der Waals surface area contributed by atoms with Gasteiger partial charge in [0.1, 0.15) is 0 Å². The number of aliphatic hydroxyl groups is 1. The Morgan fingerprint density at radius 3 is 2.48 bits per heavy atom. The van der Waals surface area contributed by atoms with Crippen LogP contribution in [0.2, 0.25) is 0 Å². The molecular formula is C17H23F3O. The lowest BCUT2D eigenvalue weighted by molar-refractivity contribution is -0.137. The normalized spacial score (nSPS) is 26.4. The van der Waals surface area contributed by atoms with E-state index >= 15 is 0 Å². The third-order valence-electron chi connectivity index (χ3n) is 4.55. The molecule has 0 heterocycles. The topological polar surface area (TPSA) is 20.2 Å². The summed E-state index contributed by atoms with van der Waals surface area (Å²) in [5.41, 5.74) is -0.749. The van der Waals surface area contributed by atoms with Crippen molar-refractivity contribution in [3.05, 3.63) is 35.4 Å². The zero-order valence-corrected chi connectivity index (χ0v) is 12.6. The van der Waals surface area contributed by atoms with E-state index in [9.17, 15) is 18.3 Å². The van der Waals surface area contributed by atoms with Gasteiger partial charge in [0.05, 0.1) is 11.2 Å². The highest BCUT2D eigenvalue weighted by atomic mass is 19.4. The first-order valence-electron chi connectivity index (χ1n) is 7.48. The molecule has 1 nitrogen and oxygen atoms in total. The summed E-state index contributed by atoms with van der Waals surface area (Å²) >= 11 is 0. The molecule has 0 bridgehead atoms. The van der Waals surface area contributed by atoms with Crippen molar-refractivity contribution in [2.45, 2.75) is 64.1 Å². The Hall–Kier alpha value is -1.03.